The zero-order chi connectivity index (χ0) is 14.2. The molecule has 0 saturated heterocycles. The zero-order valence-corrected chi connectivity index (χ0v) is 14.0. The van der Waals surface area contributed by atoms with Gasteiger partial charge in [0.05, 0.1) is 13.2 Å². The third-order valence-corrected chi connectivity index (χ3v) is 3.07. The molecule has 0 aliphatic rings. The molecule has 0 spiro atoms. The van der Waals surface area contributed by atoms with Crippen LogP contribution in [0.3, 0.4) is 0 Å². The predicted octanol–water partition coefficient (Wildman–Crippen LogP) is 3.24. The standard InChI is InChI=1S/C13H30O4Si/c1-8-14-12(4)15-9-10-16-13(11(2)3)17-18(5,6)7/h11-13H,8-10H2,1-7H3. The quantitative estimate of drug-likeness (QED) is 0.349. The van der Waals surface area contributed by atoms with Gasteiger partial charge in [-0.1, -0.05) is 13.8 Å². The number of hydrogen-bond acceptors (Lipinski definition) is 4. The van der Waals surface area contributed by atoms with Crippen LogP contribution in [0.1, 0.15) is 27.7 Å². The van der Waals surface area contributed by atoms with Gasteiger partial charge in [-0.05, 0) is 33.5 Å². The summed E-state index contributed by atoms with van der Waals surface area (Å²) < 4.78 is 22.4. The number of hydrogen-bond donors (Lipinski definition) is 0. The maximum absolute atomic E-state index is 5.98. The third kappa shape index (κ3) is 10.0. The van der Waals surface area contributed by atoms with Gasteiger partial charge in [0.1, 0.15) is 6.29 Å². The summed E-state index contributed by atoms with van der Waals surface area (Å²) in [6.45, 7) is 16.3. The van der Waals surface area contributed by atoms with Gasteiger partial charge in [0.15, 0.2) is 14.6 Å². The molecule has 110 valence electrons. The average molecular weight is 278 g/mol. The fourth-order valence-electron chi connectivity index (χ4n) is 1.37. The van der Waals surface area contributed by atoms with Crippen LogP contribution < -0.4 is 0 Å². The molecule has 2 atom stereocenters. The lowest BCUT2D eigenvalue weighted by Gasteiger charge is -2.29. The van der Waals surface area contributed by atoms with Crippen molar-refractivity contribution in [3.63, 3.8) is 0 Å². The Bertz CT molecular complexity index is 204. The Hall–Kier alpha value is 0.0569. The number of rotatable bonds is 10. The first kappa shape index (κ1) is 18.1. The first-order chi connectivity index (χ1) is 8.26. The van der Waals surface area contributed by atoms with Crippen molar-refractivity contribution >= 4 is 8.32 Å². The minimum absolute atomic E-state index is 0.136. The van der Waals surface area contributed by atoms with Crippen LogP contribution in [-0.4, -0.2) is 40.7 Å². The van der Waals surface area contributed by atoms with E-state index in [4.69, 9.17) is 18.6 Å². The Balaban J connectivity index is 3.85. The van der Waals surface area contributed by atoms with Crippen molar-refractivity contribution < 1.29 is 18.6 Å². The summed E-state index contributed by atoms with van der Waals surface area (Å²) in [5.74, 6) is 0.348. The molecule has 0 aromatic rings. The first-order valence-corrected chi connectivity index (χ1v) is 10.2. The van der Waals surface area contributed by atoms with Gasteiger partial charge in [0, 0.05) is 12.5 Å². The van der Waals surface area contributed by atoms with Gasteiger partial charge in [-0.2, -0.15) is 0 Å². The highest BCUT2D eigenvalue weighted by Gasteiger charge is 2.23. The first-order valence-electron chi connectivity index (χ1n) is 6.79. The van der Waals surface area contributed by atoms with Gasteiger partial charge in [-0.15, -0.1) is 0 Å². The smallest absolute Gasteiger partial charge is 0.187 e. The van der Waals surface area contributed by atoms with Crippen molar-refractivity contribution in [3.8, 4) is 0 Å². The maximum atomic E-state index is 5.98. The lowest BCUT2D eigenvalue weighted by molar-refractivity contribution is -0.164. The minimum Gasteiger partial charge on any atom is -0.393 e. The van der Waals surface area contributed by atoms with Crippen molar-refractivity contribution in [2.45, 2.75) is 59.9 Å². The van der Waals surface area contributed by atoms with Crippen LogP contribution in [0.4, 0.5) is 0 Å². The molecule has 0 amide bonds. The predicted molar refractivity (Wildman–Crippen MR) is 76.0 cm³/mol. The molecule has 0 heterocycles. The monoisotopic (exact) mass is 278 g/mol. The Kier molecular flexibility index (Phi) is 9.07. The van der Waals surface area contributed by atoms with Crippen molar-refractivity contribution in [1.29, 1.82) is 0 Å². The third-order valence-electron chi connectivity index (χ3n) is 2.13. The van der Waals surface area contributed by atoms with Crippen molar-refractivity contribution in [2.75, 3.05) is 19.8 Å². The van der Waals surface area contributed by atoms with Crippen LogP contribution in [0, 0.1) is 5.92 Å². The van der Waals surface area contributed by atoms with E-state index in [1.54, 1.807) is 0 Å². The molecule has 4 nitrogen and oxygen atoms in total. The summed E-state index contributed by atoms with van der Waals surface area (Å²) in [7, 11) is -1.57. The molecule has 0 fully saturated rings. The molecule has 0 aliphatic carbocycles. The van der Waals surface area contributed by atoms with E-state index in [2.05, 4.69) is 33.5 Å². The van der Waals surface area contributed by atoms with E-state index in [1.165, 1.54) is 0 Å². The fraction of sp³-hybridized carbons (Fsp3) is 1.00. The Morgan fingerprint density at radius 3 is 1.89 bits per heavy atom. The van der Waals surface area contributed by atoms with E-state index in [0.29, 0.717) is 25.7 Å². The van der Waals surface area contributed by atoms with Gasteiger partial charge >= 0.3 is 0 Å². The van der Waals surface area contributed by atoms with Crippen LogP contribution in [0.5, 0.6) is 0 Å². The zero-order valence-electron chi connectivity index (χ0n) is 13.0. The second kappa shape index (κ2) is 9.04. The molecule has 0 aromatic heterocycles. The van der Waals surface area contributed by atoms with Gasteiger partial charge in [-0.3, -0.25) is 0 Å². The van der Waals surface area contributed by atoms with E-state index in [9.17, 15) is 0 Å². The summed E-state index contributed by atoms with van der Waals surface area (Å²) in [4.78, 5) is 0. The molecule has 5 heteroatoms. The van der Waals surface area contributed by atoms with Gasteiger partial charge in [-0.25, -0.2) is 0 Å². The van der Waals surface area contributed by atoms with Gasteiger partial charge < -0.3 is 18.6 Å². The van der Waals surface area contributed by atoms with Crippen molar-refractivity contribution in [3.05, 3.63) is 0 Å². The van der Waals surface area contributed by atoms with Gasteiger partial charge in [0.25, 0.3) is 0 Å². The van der Waals surface area contributed by atoms with E-state index in [1.807, 2.05) is 13.8 Å². The summed E-state index contributed by atoms with van der Waals surface area (Å²) in [6.07, 6.45) is -0.309. The SMILES string of the molecule is CCOC(C)OCCOC(O[Si](C)(C)C)C(C)C. The summed E-state index contributed by atoms with van der Waals surface area (Å²) in [5.41, 5.74) is 0. The highest BCUT2D eigenvalue weighted by atomic mass is 28.4. The number of ether oxygens (including phenoxy) is 3. The van der Waals surface area contributed by atoms with Gasteiger partial charge in [0.2, 0.25) is 0 Å². The second-order valence-electron chi connectivity index (χ2n) is 5.61. The van der Waals surface area contributed by atoms with Crippen LogP contribution in [0.2, 0.25) is 19.6 Å². The van der Waals surface area contributed by atoms with Crippen LogP contribution in [-0.2, 0) is 18.6 Å². The molecule has 0 bridgehead atoms. The second-order valence-corrected chi connectivity index (χ2v) is 10.1. The topological polar surface area (TPSA) is 36.9 Å². The highest BCUT2D eigenvalue weighted by Crippen LogP contribution is 2.15. The summed E-state index contributed by atoms with van der Waals surface area (Å²) in [6, 6.07) is 0. The van der Waals surface area contributed by atoms with E-state index < -0.39 is 8.32 Å². The molecule has 0 rings (SSSR count). The summed E-state index contributed by atoms with van der Waals surface area (Å²) >= 11 is 0. The van der Waals surface area contributed by atoms with Crippen molar-refractivity contribution in [1.82, 2.24) is 0 Å². The highest BCUT2D eigenvalue weighted by molar-refractivity contribution is 6.69. The Labute approximate surface area is 113 Å². The average Bonchev–Trinajstić information content (AvgIpc) is 2.21. The molecular formula is C13H30O4Si. The molecule has 18 heavy (non-hydrogen) atoms. The van der Waals surface area contributed by atoms with Crippen molar-refractivity contribution in [2.24, 2.45) is 5.92 Å². The van der Waals surface area contributed by atoms with Crippen LogP contribution in [0.15, 0.2) is 0 Å². The van der Waals surface area contributed by atoms with E-state index >= 15 is 0 Å². The molecule has 0 saturated carbocycles. The van der Waals surface area contributed by atoms with E-state index in [-0.39, 0.29) is 12.6 Å². The lowest BCUT2D eigenvalue weighted by Crippen LogP contribution is -2.37. The van der Waals surface area contributed by atoms with Crippen LogP contribution >= 0.6 is 0 Å². The summed E-state index contributed by atoms with van der Waals surface area (Å²) in [5, 5.41) is 0. The Morgan fingerprint density at radius 2 is 1.44 bits per heavy atom. The molecule has 0 aromatic carbocycles. The molecule has 0 radical (unpaired) electrons. The largest absolute Gasteiger partial charge is 0.393 e. The van der Waals surface area contributed by atoms with Crippen LogP contribution in [0.25, 0.3) is 0 Å². The Morgan fingerprint density at radius 1 is 0.889 bits per heavy atom. The normalized spacial score (nSPS) is 16.0. The minimum atomic E-state index is -1.57. The molecule has 0 aliphatic heterocycles. The molecular weight excluding hydrogens is 248 g/mol. The molecule has 2 unspecified atom stereocenters. The van der Waals surface area contributed by atoms with E-state index in [0.717, 1.165) is 0 Å². The maximum Gasteiger partial charge on any atom is 0.187 e. The lowest BCUT2D eigenvalue weighted by atomic mass is 10.2. The fourth-order valence-corrected chi connectivity index (χ4v) is 2.41. The molecule has 0 N–H and O–H groups in total.